The average molecular weight is 278 g/mol. The Kier molecular flexibility index (Phi) is 4.62. The summed E-state index contributed by atoms with van der Waals surface area (Å²) < 4.78 is 0. The molecule has 0 amide bonds. The molecule has 0 saturated carbocycles. The lowest BCUT2D eigenvalue weighted by atomic mass is 10.2. The van der Waals surface area contributed by atoms with Crippen molar-refractivity contribution in [1.29, 1.82) is 0 Å². The summed E-state index contributed by atoms with van der Waals surface area (Å²) in [5.41, 5.74) is 0. The van der Waals surface area contributed by atoms with Crippen molar-refractivity contribution >= 4 is 17.8 Å². The predicted octanol–water partition coefficient (Wildman–Crippen LogP) is 2.14. The molecule has 2 atom stereocenters. The summed E-state index contributed by atoms with van der Waals surface area (Å²) in [6.07, 6.45) is 3.55. The number of nitrogens with one attached hydrogen (secondary N) is 1. The van der Waals surface area contributed by atoms with Gasteiger partial charge in [0.1, 0.15) is 0 Å². The Morgan fingerprint density at radius 1 is 1.20 bits per heavy atom. The minimum absolute atomic E-state index is 0.492. The highest BCUT2D eigenvalue weighted by atomic mass is 15.4. The molecule has 2 heterocycles. The van der Waals surface area contributed by atoms with E-state index < -0.39 is 0 Å². The van der Waals surface area contributed by atoms with Crippen molar-refractivity contribution in [2.24, 2.45) is 0 Å². The number of rotatable bonds is 5. The molecule has 2 unspecified atom stereocenters. The van der Waals surface area contributed by atoms with Gasteiger partial charge in [-0.2, -0.15) is 15.0 Å². The highest BCUT2D eigenvalue weighted by Crippen LogP contribution is 2.30. The summed E-state index contributed by atoms with van der Waals surface area (Å²) in [7, 11) is 3.92. The molecule has 2 rings (SSSR count). The van der Waals surface area contributed by atoms with Crippen LogP contribution in [0.3, 0.4) is 0 Å². The van der Waals surface area contributed by atoms with Gasteiger partial charge in [-0.1, -0.05) is 6.92 Å². The zero-order chi connectivity index (χ0) is 14.7. The van der Waals surface area contributed by atoms with E-state index in [2.05, 4.69) is 39.0 Å². The molecule has 1 aromatic rings. The first-order chi connectivity index (χ1) is 9.56. The van der Waals surface area contributed by atoms with E-state index in [9.17, 15) is 0 Å². The van der Waals surface area contributed by atoms with Crippen LogP contribution >= 0.6 is 0 Å². The van der Waals surface area contributed by atoms with Gasteiger partial charge < -0.3 is 15.1 Å². The quantitative estimate of drug-likeness (QED) is 0.890. The van der Waals surface area contributed by atoms with Gasteiger partial charge in [0.15, 0.2) is 0 Å². The van der Waals surface area contributed by atoms with Crippen LogP contribution in [0.5, 0.6) is 0 Å². The number of anilines is 3. The second-order valence-electron chi connectivity index (χ2n) is 5.58. The van der Waals surface area contributed by atoms with Crippen LogP contribution < -0.4 is 15.1 Å². The summed E-state index contributed by atoms with van der Waals surface area (Å²) in [5.74, 6) is 2.17. The van der Waals surface area contributed by atoms with Crippen LogP contribution in [-0.4, -0.2) is 47.7 Å². The maximum Gasteiger partial charge on any atom is 0.232 e. The average Bonchev–Trinajstić information content (AvgIpc) is 2.79. The van der Waals surface area contributed by atoms with Gasteiger partial charge in [0.25, 0.3) is 0 Å². The summed E-state index contributed by atoms with van der Waals surface area (Å²) in [6, 6.07) is 1.03. The van der Waals surface area contributed by atoms with E-state index >= 15 is 0 Å². The standard InChI is InChI=1S/C14H26N6/c1-6-11-9-8-10(3)20(11)14-17-12(15-7-2)16-13(18-14)19(4)5/h10-11H,6-9H2,1-5H3,(H,15,16,17,18). The Morgan fingerprint density at radius 3 is 2.55 bits per heavy atom. The van der Waals surface area contributed by atoms with Gasteiger partial charge in [0.2, 0.25) is 17.8 Å². The first kappa shape index (κ1) is 14.8. The maximum atomic E-state index is 4.64. The largest absolute Gasteiger partial charge is 0.354 e. The third-order valence-corrected chi connectivity index (χ3v) is 3.83. The number of hydrogen-bond donors (Lipinski definition) is 1. The molecule has 1 aliphatic rings. The zero-order valence-corrected chi connectivity index (χ0v) is 13.2. The van der Waals surface area contributed by atoms with Crippen molar-refractivity contribution < 1.29 is 0 Å². The van der Waals surface area contributed by atoms with Gasteiger partial charge in [0, 0.05) is 32.7 Å². The molecule has 1 aliphatic heterocycles. The Balaban J connectivity index is 2.38. The van der Waals surface area contributed by atoms with Crippen LogP contribution in [0.4, 0.5) is 17.8 Å². The van der Waals surface area contributed by atoms with Crippen LogP contribution in [0.25, 0.3) is 0 Å². The van der Waals surface area contributed by atoms with E-state index in [-0.39, 0.29) is 0 Å². The molecule has 1 aromatic heterocycles. The lowest BCUT2D eigenvalue weighted by Crippen LogP contribution is -2.36. The summed E-state index contributed by atoms with van der Waals surface area (Å²) >= 11 is 0. The third kappa shape index (κ3) is 2.94. The van der Waals surface area contributed by atoms with Gasteiger partial charge in [0.05, 0.1) is 0 Å². The monoisotopic (exact) mass is 278 g/mol. The lowest BCUT2D eigenvalue weighted by molar-refractivity contribution is 0.611. The molecule has 0 spiro atoms. The topological polar surface area (TPSA) is 57.2 Å². The molecule has 6 heteroatoms. The smallest absolute Gasteiger partial charge is 0.232 e. The van der Waals surface area contributed by atoms with E-state index in [1.165, 1.54) is 12.8 Å². The van der Waals surface area contributed by atoms with Crippen molar-refractivity contribution in [3.8, 4) is 0 Å². The highest BCUT2D eigenvalue weighted by molar-refractivity contribution is 5.46. The van der Waals surface area contributed by atoms with Crippen LogP contribution in [0, 0.1) is 0 Å². The molecule has 0 aromatic carbocycles. The Bertz CT molecular complexity index is 447. The zero-order valence-electron chi connectivity index (χ0n) is 13.2. The Morgan fingerprint density at radius 2 is 1.95 bits per heavy atom. The number of nitrogens with zero attached hydrogens (tertiary/aromatic N) is 5. The SMILES string of the molecule is CCNc1nc(N(C)C)nc(N2C(C)CCC2CC)n1. The van der Waals surface area contributed by atoms with Crippen LogP contribution in [-0.2, 0) is 0 Å². The minimum atomic E-state index is 0.492. The fraction of sp³-hybridized carbons (Fsp3) is 0.786. The molecular weight excluding hydrogens is 252 g/mol. The highest BCUT2D eigenvalue weighted by Gasteiger charge is 2.32. The molecule has 0 bridgehead atoms. The molecule has 6 nitrogen and oxygen atoms in total. The fourth-order valence-corrected chi connectivity index (χ4v) is 2.74. The summed E-state index contributed by atoms with van der Waals surface area (Å²) in [6.45, 7) is 7.34. The van der Waals surface area contributed by atoms with E-state index in [0.717, 1.165) is 18.9 Å². The van der Waals surface area contributed by atoms with Crippen LogP contribution in [0.15, 0.2) is 0 Å². The van der Waals surface area contributed by atoms with Gasteiger partial charge in [-0.3, -0.25) is 0 Å². The number of aromatic nitrogens is 3. The molecule has 0 radical (unpaired) electrons. The molecule has 20 heavy (non-hydrogen) atoms. The van der Waals surface area contributed by atoms with Gasteiger partial charge in [-0.25, -0.2) is 0 Å². The van der Waals surface area contributed by atoms with E-state index in [1.54, 1.807) is 0 Å². The van der Waals surface area contributed by atoms with Gasteiger partial charge in [-0.15, -0.1) is 0 Å². The third-order valence-electron chi connectivity index (χ3n) is 3.83. The molecule has 1 saturated heterocycles. The summed E-state index contributed by atoms with van der Waals surface area (Å²) in [5, 5.41) is 3.20. The van der Waals surface area contributed by atoms with Crippen molar-refractivity contribution in [1.82, 2.24) is 15.0 Å². The van der Waals surface area contributed by atoms with Crippen molar-refractivity contribution in [3.05, 3.63) is 0 Å². The van der Waals surface area contributed by atoms with Gasteiger partial charge >= 0.3 is 0 Å². The van der Waals surface area contributed by atoms with E-state index in [0.29, 0.717) is 24.0 Å². The maximum absolute atomic E-state index is 4.64. The second-order valence-corrected chi connectivity index (χ2v) is 5.58. The lowest BCUT2D eigenvalue weighted by Gasteiger charge is -2.28. The first-order valence-electron chi connectivity index (χ1n) is 7.52. The number of hydrogen-bond acceptors (Lipinski definition) is 6. The summed E-state index contributed by atoms with van der Waals surface area (Å²) in [4.78, 5) is 18.0. The second kappa shape index (κ2) is 6.24. The normalized spacial score (nSPS) is 22.1. The minimum Gasteiger partial charge on any atom is -0.354 e. The molecule has 1 N–H and O–H groups in total. The fourth-order valence-electron chi connectivity index (χ4n) is 2.74. The molecule has 112 valence electrons. The van der Waals surface area contributed by atoms with E-state index in [1.807, 2.05) is 25.9 Å². The van der Waals surface area contributed by atoms with Crippen LogP contribution in [0.2, 0.25) is 0 Å². The van der Waals surface area contributed by atoms with Gasteiger partial charge in [-0.05, 0) is 33.1 Å². The van der Waals surface area contributed by atoms with Crippen molar-refractivity contribution in [2.45, 2.75) is 52.1 Å². The van der Waals surface area contributed by atoms with Crippen molar-refractivity contribution in [3.63, 3.8) is 0 Å². The van der Waals surface area contributed by atoms with Crippen LogP contribution in [0.1, 0.15) is 40.0 Å². The Hall–Kier alpha value is -1.59. The van der Waals surface area contributed by atoms with Crippen molar-refractivity contribution in [2.75, 3.05) is 35.8 Å². The van der Waals surface area contributed by atoms with E-state index in [4.69, 9.17) is 0 Å². The molecule has 0 aliphatic carbocycles. The predicted molar refractivity (Wildman–Crippen MR) is 83.6 cm³/mol. The Labute approximate surface area is 121 Å². The first-order valence-corrected chi connectivity index (χ1v) is 7.52. The molecule has 1 fully saturated rings. The molecular formula is C14H26N6.